The lowest BCUT2D eigenvalue weighted by Crippen LogP contribution is -2.14. The number of anilines is 1. The highest BCUT2D eigenvalue weighted by atomic mass is 32.2. The van der Waals surface area contributed by atoms with Crippen LogP contribution < -0.4 is 9.46 Å². The van der Waals surface area contributed by atoms with Crippen molar-refractivity contribution in [2.45, 2.75) is 4.90 Å². The zero-order valence-corrected chi connectivity index (χ0v) is 14.4. The number of aromatic carboxylic acids is 1. The van der Waals surface area contributed by atoms with Crippen molar-refractivity contribution in [3.8, 4) is 17.1 Å². The van der Waals surface area contributed by atoms with Crippen LogP contribution in [0.3, 0.4) is 0 Å². The Kier molecular flexibility index (Phi) is 4.63. The molecule has 0 atom stereocenters. The molecular weight excluding hydrogens is 360 g/mol. The van der Waals surface area contributed by atoms with E-state index in [1.54, 1.807) is 24.3 Å². The summed E-state index contributed by atoms with van der Waals surface area (Å²) in [5.74, 6) is -0.985. The normalized spacial score (nSPS) is 11.1. The van der Waals surface area contributed by atoms with Gasteiger partial charge in [-0.1, -0.05) is 35.5 Å². The minimum atomic E-state index is -4.06. The average Bonchev–Trinajstić information content (AvgIpc) is 3.09. The predicted molar refractivity (Wildman–Crippen MR) is 92.7 cm³/mol. The minimum Gasteiger partial charge on any atom is -0.496 e. The van der Waals surface area contributed by atoms with E-state index >= 15 is 0 Å². The summed E-state index contributed by atoms with van der Waals surface area (Å²) in [6.45, 7) is 0. The molecule has 0 bridgehead atoms. The lowest BCUT2D eigenvalue weighted by molar-refractivity contribution is 0.0693. The van der Waals surface area contributed by atoms with Crippen LogP contribution in [0.5, 0.6) is 5.75 Å². The standard InChI is InChI=1S/C17H14N2O6S/c1-24-15-8-7-12(9-13(15)17(20)21)26(22,23)19-14-10-18-25-16(14)11-5-3-2-4-6-11/h2-10,19H,1H3,(H,20,21). The Bertz CT molecular complexity index is 1040. The summed E-state index contributed by atoms with van der Waals surface area (Å²) in [5.41, 5.74) is 0.525. The number of benzene rings is 2. The van der Waals surface area contributed by atoms with Gasteiger partial charge in [0, 0.05) is 5.56 Å². The van der Waals surface area contributed by atoms with E-state index in [0.717, 1.165) is 6.07 Å². The lowest BCUT2D eigenvalue weighted by atomic mass is 10.1. The maximum atomic E-state index is 12.6. The molecule has 0 aliphatic carbocycles. The summed E-state index contributed by atoms with van der Waals surface area (Å²) < 4.78 is 37.7. The Hall–Kier alpha value is -3.33. The molecule has 26 heavy (non-hydrogen) atoms. The molecule has 1 aromatic heterocycles. The molecule has 0 spiro atoms. The highest BCUT2D eigenvalue weighted by Crippen LogP contribution is 2.30. The molecule has 9 heteroatoms. The molecule has 0 unspecified atom stereocenters. The van der Waals surface area contributed by atoms with Crippen LogP contribution in [-0.4, -0.2) is 31.8 Å². The summed E-state index contributed by atoms with van der Waals surface area (Å²) in [6, 6.07) is 12.4. The van der Waals surface area contributed by atoms with Crippen molar-refractivity contribution in [3.63, 3.8) is 0 Å². The van der Waals surface area contributed by atoms with E-state index in [1.165, 1.54) is 25.4 Å². The fraction of sp³-hybridized carbons (Fsp3) is 0.0588. The first-order chi connectivity index (χ1) is 12.4. The van der Waals surface area contributed by atoms with E-state index in [4.69, 9.17) is 9.26 Å². The Morgan fingerprint density at radius 1 is 1.19 bits per heavy atom. The van der Waals surface area contributed by atoms with E-state index in [9.17, 15) is 18.3 Å². The number of methoxy groups -OCH3 is 1. The van der Waals surface area contributed by atoms with Crippen molar-refractivity contribution in [1.82, 2.24) is 5.16 Å². The monoisotopic (exact) mass is 374 g/mol. The second-order valence-electron chi connectivity index (χ2n) is 5.21. The van der Waals surface area contributed by atoms with Crippen molar-refractivity contribution in [1.29, 1.82) is 0 Å². The van der Waals surface area contributed by atoms with Gasteiger partial charge in [-0.05, 0) is 18.2 Å². The summed E-state index contributed by atoms with van der Waals surface area (Å²) >= 11 is 0. The maximum Gasteiger partial charge on any atom is 0.339 e. The van der Waals surface area contributed by atoms with E-state index in [1.807, 2.05) is 6.07 Å². The highest BCUT2D eigenvalue weighted by Gasteiger charge is 2.22. The number of nitrogens with one attached hydrogen (secondary N) is 1. The van der Waals surface area contributed by atoms with Crippen LogP contribution in [-0.2, 0) is 10.0 Å². The molecule has 0 aliphatic heterocycles. The van der Waals surface area contributed by atoms with Gasteiger partial charge in [0.1, 0.15) is 17.0 Å². The number of carboxylic acid groups (broad SMARTS) is 1. The van der Waals surface area contributed by atoms with Gasteiger partial charge in [0.15, 0.2) is 5.76 Å². The molecule has 2 aromatic carbocycles. The minimum absolute atomic E-state index is 0.0615. The molecule has 0 aliphatic rings. The fourth-order valence-electron chi connectivity index (χ4n) is 2.34. The average molecular weight is 374 g/mol. The number of carbonyl (C=O) groups is 1. The van der Waals surface area contributed by atoms with Crippen LogP contribution in [0.4, 0.5) is 5.69 Å². The molecule has 8 nitrogen and oxygen atoms in total. The number of sulfonamides is 1. The third-order valence-electron chi connectivity index (χ3n) is 3.56. The van der Waals surface area contributed by atoms with Crippen LogP contribution in [0, 0.1) is 0 Å². The number of carboxylic acids is 1. The van der Waals surface area contributed by atoms with Crippen LogP contribution in [0.25, 0.3) is 11.3 Å². The van der Waals surface area contributed by atoms with Crippen molar-refractivity contribution in [2.75, 3.05) is 11.8 Å². The molecule has 0 saturated carbocycles. The van der Waals surface area contributed by atoms with Gasteiger partial charge in [-0.3, -0.25) is 4.72 Å². The van der Waals surface area contributed by atoms with Gasteiger partial charge in [0.2, 0.25) is 0 Å². The molecular formula is C17H14N2O6S. The van der Waals surface area contributed by atoms with Crippen molar-refractivity contribution < 1.29 is 27.6 Å². The molecule has 2 N–H and O–H groups in total. The highest BCUT2D eigenvalue weighted by molar-refractivity contribution is 7.92. The zero-order chi connectivity index (χ0) is 18.7. The Balaban J connectivity index is 1.98. The number of hydrogen-bond acceptors (Lipinski definition) is 6. The van der Waals surface area contributed by atoms with Crippen LogP contribution in [0.1, 0.15) is 10.4 Å². The lowest BCUT2D eigenvalue weighted by Gasteiger charge is -2.10. The zero-order valence-electron chi connectivity index (χ0n) is 13.5. The molecule has 0 radical (unpaired) electrons. The Morgan fingerprint density at radius 2 is 1.92 bits per heavy atom. The number of rotatable bonds is 6. The first-order valence-electron chi connectivity index (χ1n) is 7.36. The van der Waals surface area contributed by atoms with Gasteiger partial charge in [-0.15, -0.1) is 0 Å². The molecule has 134 valence electrons. The van der Waals surface area contributed by atoms with Crippen molar-refractivity contribution >= 4 is 21.7 Å². The quantitative estimate of drug-likeness (QED) is 0.681. The second-order valence-corrected chi connectivity index (χ2v) is 6.89. The first kappa shape index (κ1) is 17.5. The number of aromatic nitrogens is 1. The van der Waals surface area contributed by atoms with Gasteiger partial charge in [-0.2, -0.15) is 0 Å². The molecule has 1 heterocycles. The van der Waals surface area contributed by atoms with E-state index in [-0.39, 0.29) is 27.7 Å². The molecule has 0 fully saturated rings. The van der Waals surface area contributed by atoms with Crippen molar-refractivity contribution in [3.05, 3.63) is 60.3 Å². The van der Waals surface area contributed by atoms with E-state index < -0.39 is 16.0 Å². The second kappa shape index (κ2) is 6.89. The predicted octanol–water partition coefficient (Wildman–Crippen LogP) is 2.85. The smallest absolute Gasteiger partial charge is 0.339 e. The number of hydrogen-bond donors (Lipinski definition) is 2. The van der Waals surface area contributed by atoms with Crippen molar-refractivity contribution in [2.24, 2.45) is 0 Å². The van der Waals surface area contributed by atoms with Crippen LogP contribution in [0.2, 0.25) is 0 Å². The maximum absolute atomic E-state index is 12.6. The molecule has 0 saturated heterocycles. The van der Waals surface area contributed by atoms with E-state index in [0.29, 0.717) is 5.56 Å². The number of nitrogens with zero attached hydrogens (tertiary/aromatic N) is 1. The van der Waals surface area contributed by atoms with Gasteiger partial charge in [0.25, 0.3) is 10.0 Å². The number of ether oxygens (including phenoxy) is 1. The van der Waals surface area contributed by atoms with Crippen LogP contribution >= 0.6 is 0 Å². The van der Waals surface area contributed by atoms with E-state index in [2.05, 4.69) is 9.88 Å². The molecule has 3 aromatic rings. The fourth-order valence-corrected chi connectivity index (χ4v) is 3.41. The van der Waals surface area contributed by atoms with Gasteiger partial charge in [0.05, 0.1) is 18.2 Å². The molecule has 0 amide bonds. The SMILES string of the molecule is COc1ccc(S(=O)(=O)Nc2cnoc2-c2ccccc2)cc1C(=O)O. The Labute approximate surface area is 149 Å². The van der Waals surface area contributed by atoms with Crippen LogP contribution in [0.15, 0.2) is 64.1 Å². The van der Waals surface area contributed by atoms with Gasteiger partial charge < -0.3 is 14.4 Å². The van der Waals surface area contributed by atoms with Gasteiger partial charge >= 0.3 is 5.97 Å². The first-order valence-corrected chi connectivity index (χ1v) is 8.85. The summed E-state index contributed by atoms with van der Waals surface area (Å²) in [6.07, 6.45) is 1.24. The third kappa shape index (κ3) is 3.38. The largest absolute Gasteiger partial charge is 0.496 e. The summed E-state index contributed by atoms with van der Waals surface area (Å²) in [7, 11) is -2.76. The topological polar surface area (TPSA) is 119 Å². The summed E-state index contributed by atoms with van der Waals surface area (Å²) in [5, 5.41) is 12.8. The van der Waals surface area contributed by atoms with Gasteiger partial charge in [-0.25, -0.2) is 13.2 Å². The third-order valence-corrected chi connectivity index (χ3v) is 4.93. The Morgan fingerprint density at radius 3 is 2.58 bits per heavy atom. The molecule has 3 rings (SSSR count). The summed E-state index contributed by atoms with van der Waals surface area (Å²) in [4.78, 5) is 11.1.